The third-order valence-electron chi connectivity index (χ3n) is 3.31. The first kappa shape index (κ1) is 13.0. The van der Waals surface area contributed by atoms with Crippen molar-refractivity contribution in [3.05, 3.63) is 30.1 Å². The van der Waals surface area contributed by atoms with E-state index >= 15 is 0 Å². The first-order valence-electron chi connectivity index (χ1n) is 6.23. The normalized spacial score (nSPS) is 20.7. The first-order valence-corrected chi connectivity index (χ1v) is 6.23. The second-order valence-electron chi connectivity index (χ2n) is 4.76. The van der Waals surface area contributed by atoms with Crippen LogP contribution in [0.1, 0.15) is 5.56 Å². The monoisotopic (exact) mass is 248 g/mol. The number of rotatable bonds is 3. The molecule has 0 radical (unpaired) electrons. The molecule has 0 bridgehead atoms. The molecule has 1 fully saturated rings. The van der Waals surface area contributed by atoms with E-state index in [4.69, 9.17) is 0 Å². The lowest BCUT2D eigenvalue weighted by Crippen LogP contribution is -2.56. The zero-order valence-corrected chi connectivity index (χ0v) is 11.0. The van der Waals surface area contributed by atoms with E-state index in [9.17, 15) is 4.79 Å². The Morgan fingerprint density at radius 2 is 2.50 bits per heavy atom. The molecule has 18 heavy (non-hydrogen) atoms. The number of carbonyl (C=O) groups excluding carboxylic acids is 1. The van der Waals surface area contributed by atoms with Crippen LogP contribution >= 0.6 is 0 Å². The largest absolute Gasteiger partial charge is 0.340 e. The van der Waals surface area contributed by atoms with E-state index in [1.54, 1.807) is 17.3 Å². The van der Waals surface area contributed by atoms with Crippen LogP contribution in [0.25, 0.3) is 0 Å². The summed E-state index contributed by atoms with van der Waals surface area (Å²) in [4.78, 5) is 20.3. The van der Waals surface area contributed by atoms with Crippen molar-refractivity contribution in [3.8, 4) is 0 Å². The molecule has 1 aromatic heterocycles. The summed E-state index contributed by atoms with van der Waals surface area (Å²) in [6, 6.07) is 3.82. The van der Waals surface area contributed by atoms with Crippen molar-refractivity contribution >= 4 is 5.91 Å². The molecule has 2 heterocycles. The van der Waals surface area contributed by atoms with Gasteiger partial charge in [-0.25, -0.2) is 0 Å². The van der Waals surface area contributed by atoms with Crippen molar-refractivity contribution in [1.82, 2.24) is 20.1 Å². The number of pyridine rings is 1. The smallest absolute Gasteiger partial charge is 0.241 e. The van der Waals surface area contributed by atoms with Crippen molar-refractivity contribution in [3.63, 3.8) is 0 Å². The van der Waals surface area contributed by atoms with E-state index in [0.717, 1.165) is 25.2 Å². The standard InChI is InChI=1S/C13H20N4O/c1-16-7-6-15-9-12(16)13(18)17(2)10-11-4-3-5-14-8-11/h3-5,8,12,15H,6-7,9-10H2,1-2H3. The first-order chi connectivity index (χ1) is 8.68. The van der Waals surface area contributed by atoms with Gasteiger partial charge in [0.15, 0.2) is 0 Å². The van der Waals surface area contributed by atoms with Crippen LogP contribution in [0.2, 0.25) is 0 Å². The second-order valence-corrected chi connectivity index (χ2v) is 4.76. The minimum Gasteiger partial charge on any atom is -0.340 e. The average molecular weight is 248 g/mol. The van der Waals surface area contributed by atoms with Gasteiger partial charge in [-0.15, -0.1) is 0 Å². The van der Waals surface area contributed by atoms with E-state index in [-0.39, 0.29) is 11.9 Å². The highest BCUT2D eigenvalue weighted by molar-refractivity contribution is 5.82. The van der Waals surface area contributed by atoms with Crippen molar-refractivity contribution in [2.45, 2.75) is 12.6 Å². The molecule has 1 atom stereocenters. The number of aromatic nitrogens is 1. The van der Waals surface area contributed by atoms with E-state index in [2.05, 4.69) is 15.2 Å². The number of nitrogens with zero attached hydrogens (tertiary/aromatic N) is 3. The predicted octanol–water partition coefficient (Wildman–Crippen LogP) is -0.0564. The number of likely N-dealkylation sites (N-methyl/N-ethyl adjacent to an activating group) is 2. The molecule has 1 amide bonds. The van der Waals surface area contributed by atoms with E-state index in [0.29, 0.717) is 6.54 Å². The quantitative estimate of drug-likeness (QED) is 0.814. The summed E-state index contributed by atoms with van der Waals surface area (Å²) in [6.45, 7) is 3.20. The molecule has 5 heteroatoms. The molecule has 1 N–H and O–H groups in total. The topological polar surface area (TPSA) is 48.5 Å². The van der Waals surface area contributed by atoms with Crippen LogP contribution in [0, 0.1) is 0 Å². The molecular formula is C13H20N4O. The molecule has 98 valence electrons. The third kappa shape index (κ3) is 3.05. The molecule has 0 aliphatic carbocycles. The van der Waals surface area contributed by atoms with Crippen LogP contribution in [0.3, 0.4) is 0 Å². The molecule has 0 saturated carbocycles. The lowest BCUT2D eigenvalue weighted by atomic mass is 10.1. The van der Waals surface area contributed by atoms with Crippen LogP contribution in [0.5, 0.6) is 0 Å². The predicted molar refractivity (Wildman–Crippen MR) is 70.0 cm³/mol. The number of hydrogen-bond donors (Lipinski definition) is 1. The van der Waals surface area contributed by atoms with Gasteiger partial charge in [0.25, 0.3) is 0 Å². The fourth-order valence-electron chi connectivity index (χ4n) is 2.18. The van der Waals surface area contributed by atoms with E-state index in [1.165, 1.54) is 0 Å². The van der Waals surface area contributed by atoms with E-state index in [1.807, 2.05) is 26.2 Å². The Morgan fingerprint density at radius 3 is 3.17 bits per heavy atom. The van der Waals surface area contributed by atoms with Crippen LogP contribution in [0.15, 0.2) is 24.5 Å². The Labute approximate surface area is 108 Å². The van der Waals surface area contributed by atoms with Crippen molar-refractivity contribution in [2.24, 2.45) is 0 Å². The third-order valence-corrected chi connectivity index (χ3v) is 3.31. The summed E-state index contributed by atoms with van der Waals surface area (Å²) in [5.74, 6) is 0.161. The van der Waals surface area contributed by atoms with Gasteiger partial charge in [-0.3, -0.25) is 14.7 Å². The summed E-state index contributed by atoms with van der Waals surface area (Å²) in [7, 11) is 3.85. The Morgan fingerprint density at radius 1 is 1.67 bits per heavy atom. The van der Waals surface area contributed by atoms with Crippen LogP contribution < -0.4 is 5.32 Å². The van der Waals surface area contributed by atoms with Gasteiger partial charge in [-0.2, -0.15) is 0 Å². The highest BCUT2D eigenvalue weighted by Crippen LogP contribution is 2.07. The van der Waals surface area contributed by atoms with Gasteiger partial charge in [0, 0.05) is 45.6 Å². The molecule has 1 aliphatic heterocycles. The average Bonchev–Trinajstić information content (AvgIpc) is 2.39. The number of piperazine rings is 1. The minimum absolute atomic E-state index is 0.0552. The summed E-state index contributed by atoms with van der Waals surface area (Å²) in [5, 5.41) is 3.26. The molecule has 1 saturated heterocycles. The number of nitrogens with one attached hydrogen (secondary N) is 1. The van der Waals surface area contributed by atoms with Gasteiger partial charge in [0.05, 0.1) is 0 Å². The van der Waals surface area contributed by atoms with Gasteiger partial charge in [-0.1, -0.05) is 6.07 Å². The van der Waals surface area contributed by atoms with Gasteiger partial charge < -0.3 is 10.2 Å². The Bertz CT molecular complexity index is 395. The summed E-state index contributed by atoms with van der Waals surface area (Å²) >= 11 is 0. The van der Waals surface area contributed by atoms with Crippen molar-refractivity contribution < 1.29 is 4.79 Å². The lowest BCUT2D eigenvalue weighted by molar-refractivity contribution is -0.136. The molecule has 0 aromatic carbocycles. The van der Waals surface area contributed by atoms with Crippen LogP contribution in [-0.4, -0.2) is 60.5 Å². The number of hydrogen-bond acceptors (Lipinski definition) is 4. The van der Waals surface area contributed by atoms with Crippen molar-refractivity contribution in [2.75, 3.05) is 33.7 Å². The fraction of sp³-hybridized carbons (Fsp3) is 0.538. The van der Waals surface area contributed by atoms with Crippen LogP contribution in [-0.2, 0) is 11.3 Å². The molecule has 5 nitrogen and oxygen atoms in total. The lowest BCUT2D eigenvalue weighted by Gasteiger charge is -2.34. The molecule has 1 aromatic rings. The number of amides is 1. The zero-order chi connectivity index (χ0) is 13.0. The summed E-state index contributed by atoms with van der Waals surface area (Å²) in [6.07, 6.45) is 3.54. The molecule has 1 aliphatic rings. The fourth-order valence-corrected chi connectivity index (χ4v) is 2.18. The maximum Gasteiger partial charge on any atom is 0.241 e. The highest BCUT2D eigenvalue weighted by atomic mass is 16.2. The Hall–Kier alpha value is -1.46. The second kappa shape index (κ2) is 5.93. The minimum atomic E-state index is -0.0552. The Balaban J connectivity index is 1.96. The maximum absolute atomic E-state index is 12.3. The van der Waals surface area contributed by atoms with Crippen LogP contribution in [0.4, 0.5) is 0 Å². The molecular weight excluding hydrogens is 228 g/mol. The van der Waals surface area contributed by atoms with E-state index < -0.39 is 0 Å². The zero-order valence-electron chi connectivity index (χ0n) is 11.0. The molecule has 2 rings (SSSR count). The molecule has 1 unspecified atom stereocenters. The highest BCUT2D eigenvalue weighted by Gasteiger charge is 2.28. The summed E-state index contributed by atoms with van der Waals surface area (Å²) < 4.78 is 0. The number of carbonyl (C=O) groups is 1. The molecule has 0 spiro atoms. The van der Waals surface area contributed by atoms with Crippen molar-refractivity contribution in [1.29, 1.82) is 0 Å². The van der Waals surface area contributed by atoms with Gasteiger partial charge in [0.1, 0.15) is 6.04 Å². The maximum atomic E-state index is 12.3. The Kier molecular flexibility index (Phi) is 4.28. The SMILES string of the molecule is CN(Cc1cccnc1)C(=O)C1CNCCN1C. The van der Waals surface area contributed by atoms with Gasteiger partial charge in [0.2, 0.25) is 5.91 Å². The van der Waals surface area contributed by atoms with Gasteiger partial charge >= 0.3 is 0 Å². The van der Waals surface area contributed by atoms with Gasteiger partial charge in [-0.05, 0) is 18.7 Å². The summed E-state index contributed by atoms with van der Waals surface area (Å²) in [5.41, 5.74) is 1.06.